The summed E-state index contributed by atoms with van der Waals surface area (Å²) in [6.45, 7) is 7.42. The molecule has 0 aliphatic carbocycles. The van der Waals surface area contributed by atoms with Gasteiger partial charge in [0.05, 0.1) is 5.69 Å². The van der Waals surface area contributed by atoms with Crippen molar-refractivity contribution in [2.45, 2.75) is 40.2 Å². The van der Waals surface area contributed by atoms with Crippen LogP contribution in [0.4, 0.5) is 5.82 Å². The first-order valence-corrected chi connectivity index (χ1v) is 7.46. The first-order chi connectivity index (χ1) is 10.6. The predicted octanol–water partition coefficient (Wildman–Crippen LogP) is 1.54. The van der Waals surface area contributed by atoms with Crippen molar-refractivity contribution in [3.63, 3.8) is 0 Å². The summed E-state index contributed by atoms with van der Waals surface area (Å²) in [5, 5.41) is 29.2. The first kappa shape index (κ1) is 14.4. The average molecular weight is 297 g/mol. The van der Waals surface area contributed by atoms with Gasteiger partial charge in [-0.15, -0.1) is 15.3 Å². The van der Waals surface area contributed by atoms with Gasteiger partial charge < -0.3 is 9.88 Å². The molecule has 1 atom stereocenters. The van der Waals surface area contributed by atoms with Crippen LogP contribution in [0, 0.1) is 38.0 Å². The number of rotatable bonds is 3. The molecule has 0 fully saturated rings. The maximum Gasteiger partial charge on any atom is 0.166 e. The Bertz CT molecular complexity index is 741. The van der Waals surface area contributed by atoms with Crippen LogP contribution in [0.5, 0.6) is 0 Å². The lowest BCUT2D eigenvalue weighted by Gasteiger charge is -2.24. The van der Waals surface area contributed by atoms with Gasteiger partial charge in [-0.3, -0.25) is 0 Å². The number of aromatic nitrogens is 5. The molecule has 22 heavy (non-hydrogen) atoms. The molecular formula is C15H19N7. The smallest absolute Gasteiger partial charge is 0.166 e. The summed E-state index contributed by atoms with van der Waals surface area (Å²) in [5.74, 6) is 3.08. The third-order valence-corrected chi connectivity index (χ3v) is 4.35. The van der Waals surface area contributed by atoms with E-state index in [4.69, 9.17) is 0 Å². The summed E-state index contributed by atoms with van der Waals surface area (Å²) in [7, 11) is 0. The molecule has 1 aliphatic rings. The molecule has 3 heterocycles. The van der Waals surface area contributed by atoms with Crippen molar-refractivity contribution >= 4 is 5.82 Å². The predicted molar refractivity (Wildman–Crippen MR) is 81.3 cm³/mol. The highest BCUT2D eigenvalue weighted by Crippen LogP contribution is 2.22. The van der Waals surface area contributed by atoms with Gasteiger partial charge in [0.1, 0.15) is 23.3 Å². The molecule has 1 N–H and O–H groups in total. The Hall–Kier alpha value is -2.49. The van der Waals surface area contributed by atoms with Crippen LogP contribution in [-0.2, 0) is 13.0 Å². The minimum atomic E-state index is 0.470. The normalized spacial score (nSPS) is 16.9. The summed E-state index contributed by atoms with van der Waals surface area (Å²) in [5.41, 5.74) is 2.27. The van der Waals surface area contributed by atoms with Crippen LogP contribution in [0.3, 0.4) is 0 Å². The molecule has 0 amide bonds. The maximum absolute atomic E-state index is 9.32. The fourth-order valence-electron chi connectivity index (χ4n) is 2.81. The number of nitrogens with one attached hydrogen (secondary N) is 1. The van der Waals surface area contributed by atoms with E-state index in [-0.39, 0.29) is 0 Å². The van der Waals surface area contributed by atoms with Gasteiger partial charge in [-0.05, 0) is 38.7 Å². The second kappa shape index (κ2) is 5.72. The molecule has 7 heteroatoms. The van der Waals surface area contributed by atoms with Gasteiger partial charge in [-0.25, -0.2) is 0 Å². The quantitative estimate of drug-likeness (QED) is 0.923. The van der Waals surface area contributed by atoms with Crippen molar-refractivity contribution in [1.82, 2.24) is 25.0 Å². The summed E-state index contributed by atoms with van der Waals surface area (Å²) in [6.07, 6.45) is 2.00. The summed E-state index contributed by atoms with van der Waals surface area (Å²) >= 11 is 0. The third-order valence-electron chi connectivity index (χ3n) is 4.35. The van der Waals surface area contributed by atoms with Crippen molar-refractivity contribution in [2.75, 3.05) is 11.9 Å². The average Bonchev–Trinajstić information content (AvgIpc) is 2.89. The van der Waals surface area contributed by atoms with Gasteiger partial charge in [0.25, 0.3) is 0 Å². The van der Waals surface area contributed by atoms with Crippen molar-refractivity contribution in [1.29, 1.82) is 5.26 Å². The lowest BCUT2D eigenvalue weighted by molar-refractivity contribution is 0.376. The van der Waals surface area contributed by atoms with E-state index in [0.29, 0.717) is 17.3 Å². The van der Waals surface area contributed by atoms with Crippen molar-refractivity contribution in [3.8, 4) is 6.07 Å². The second-order valence-electron chi connectivity index (χ2n) is 5.81. The SMILES string of the molecule is Cc1nnc(NC[C@@H]2CCc3nnc(C)n3C2)c(C#N)c1C. The Kier molecular flexibility index (Phi) is 3.75. The number of nitrogens with zero attached hydrogens (tertiary/aromatic N) is 6. The summed E-state index contributed by atoms with van der Waals surface area (Å²) < 4.78 is 2.17. The number of hydrogen-bond acceptors (Lipinski definition) is 6. The maximum atomic E-state index is 9.32. The largest absolute Gasteiger partial charge is 0.367 e. The Labute approximate surface area is 129 Å². The molecule has 0 radical (unpaired) electrons. The zero-order valence-electron chi connectivity index (χ0n) is 13.1. The molecule has 0 unspecified atom stereocenters. The fraction of sp³-hybridized carbons (Fsp3) is 0.533. The number of hydrogen-bond donors (Lipinski definition) is 1. The molecule has 3 rings (SSSR count). The van der Waals surface area contributed by atoms with Crippen LogP contribution in [0.2, 0.25) is 0 Å². The molecule has 2 aromatic heterocycles. The van der Waals surface area contributed by atoms with Gasteiger partial charge in [0.15, 0.2) is 5.82 Å². The van der Waals surface area contributed by atoms with Gasteiger partial charge in [0, 0.05) is 19.5 Å². The van der Waals surface area contributed by atoms with Crippen molar-refractivity contribution < 1.29 is 0 Å². The lowest BCUT2D eigenvalue weighted by atomic mass is 9.99. The zero-order valence-corrected chi connectivity index (χ0v) is 13.1. The van der Waals surface area contributed by atoms with Crippen LogP contribution in [0.1, 0.15) is 34.9 Å². The van der Waals surface area contributed by atoms with Crippen LogP contribution in [0.25, 0.3) is 0 Å². The number of fused-ring (bicyclic) bond motifs is 1. The molecule has 0 aromatic carbocycles. The van der Waals surface area contributed by atoms with Crippen molar-refractivity contribution in [2.24, 2.45) is 5.92 Å². The highest BCUT2D eigenvalue weighted by atomic mass is 15.3. The molecule has 2 aromatic rings. The topological polar surface area (TPSA) is 92.3 Å². The highest BCUT2D eigenvalue weighted by molar-refractivity contribution is 5.55. The van der Waals surface area contributed by atoms with Crippen LogP contribution >= 0.6 is 0 Å². The minimum Gasteiger partial charge on any atom is -0.367 e. The molecule has 1 aliphatic heterocycles. The van der Waals surface area contributed by atoms with Gasteiger partial charge in [0.2, 0.25) is 0 Å². The van der Waals surface area contributed by atoms with E-state index >= 15 is 0 Å². The van der Waals surface area contributed by atoms with Crippen LogP contribution in [-0.4, -0.2) is 31.5 Å². The van der Waals surface area contributed by atoms with Gasteiger partial charge in [-0.2, -0.15) is 10.4 Å². The van der Waals surface area contributed by atoms with Crippen molar-refractivity contribution in [3.05, 3.63) is 28.5 Å². The Morgan fingerprint density at radius 1 is 1.23 bits per heavy atom. The van der Waals surface area contributed by atoms with E-state index in [2.05, 4.69) is 36.3 Å². The number of nitriles is 1. The van der Waals surface area contributed by atoms with Crippen LogP contribution < -0.4 is 5.32 Å². The zero-order chi connectivity index (χ0) is 15.7. The summed E-state index contributed by atoms with van der Waals surface area (Å²) in [6, 6.07) is 2.22. The monoisotopic (exact) mass is 297 g/mol. The molecule has 0 spiro atoms. The van der Waals surface area contributed by atoms with E-state index in [1.807, 2.05) is 20.8 Å². The van der Waals surface area contributed by atoms with E-state index in [9.17, 15) is 5.26 Å². The number of anilines is 1. The Morgan fingerprint density at radius 2 is 2.05 bits per heavy atom. The van der Waals surface area contributed by atoms with E-state index in [1.165, 1.54) is 0 Å². The third kappa shape index (κ3) is 2.52. The molecule has 0 saturated carbocycles. The van der Waals surface area contributed by atoms with Gasteiger partial charge in [-0.1, -0.05) is 0 Å². The second-order valence-corrected chi connectivity index (χ2v) is 5.81. The highest BCUT2D eigenvalue weighted by Gasteiger charge is 2.22. The van der Waals surface area contributed by atoms with E-state index in [0.717, 1.165) is 48.8 Å². The molecular weight excluding hydrogens is 278 g/mol. The Morgan fingerprint density at radius 3 is 2.82 bits per heavy atom. The van der Waals surface area contributed by atoms with E-state index in [1.54, 1.807) is 0 Å². The van der Waals surface area contributed by atoms with E-state index < -0.39 is 0 Å². The molecule has 7 nitrogen and oxygen atoms in total. The lowest BCUT2D eigenvalue weighted by Crippen LogP contribution is -2.27. The fourth-order valence-corrected chi connectivity index (χ4v) is 2.81. The molecule has 0 saturated heterocycles. The summed E-state index contributed by atoms with van der Waals surface area (Å²) in [4.78, 5) is 0. The Balaban J connectivity index is 1.71. The molecule has 114 valence electrons. The standard InChI is InChI=1S/C15H19N7/c1-9-10(2)18-21-15(13(9)6-16)17-7-12-4-5-14-20-19-11(3)22(14)8-12/h12H,4-5,7-8H2,1-3H3,(H,17,21)/t12-/m0/s1. The number of aryl methyl sites for hydroxylation is 3. The molecule has 0 bridgehead atoms. The van der Waals surface area contributed by atoms with Gasteiger partial charge >= 0.3 is 0 Å². The first-order valence-electron chi connectivity index (χ1n) is 7.46. The van der Waals surface area contributed by atoms with Crippen LogP contribution in [0.15, 0.2) is 0 Å². The minimum absolute atomic E-state index is 0.470.